The van der Waals surface area contributed by atoms with Crippen LogP contribution in [0, 0.1) is 11.8 Å². The number of carbonyl (C=O) groups excluding carboxylic acids is 1. The fourth-order valence-corrected chi connectivity index (χ4v) is 3.33. The van der Waals surface area contributed by atoms with Gasteiger partial charge in [0.25, 0.3) is 5.91 Å². The van der Waals surface area contributed by atoms with Crippen LogP contribution in [-0.2, 0) is 0 Å². The smallest absolute Gasteiger partial charge is 0.251 e. The first-order valence-electron chi connectivity index (χ1n) is 7.93. The van der Waals surface area contributed by atoms with Crippen LogP contribution in [0.25, 0.3) is 0 Å². The summed E-state index contributed by atoms with van der Waals surface area (Å²) in [4.78, 5) is 16.7. The Bertz CT molecular complexity index is 503. The first kappa shape index (κ1) is 15.8. The quantitative estimate of drug-likeness (QED) is 0.896. The molecule has 1 aromatic rings. The number of amides is 1. The molecular formula is C17H27N3O. The Balaban J connectivity index is 2.09. The highest BCUT2D eigenvalue weighted by molar-refractivity contribution is 5.95. The van der Waals surface area contributed by atoms with Gasteiger partial charge in [0.1, 0.15) is 5.82 Å². The molecule has 1 fully saturated rings. The molecule has 4 heteroatoms. The van der Waals surface area contributed by atoms with E-state index in [0.717, 1.165) is 18.5 Å². The summed E-state index contributed by atoms with van der Waals surface area (Å²) in [6.07, 6.45) is 3.38. The van der Waals surface area contributed by atoms with Gasteiger partial charge in [-0.25, -0.2) is 4.98 Å². The maximum Gasteiger partial charge on any atom is 0.251 e. The van der Waals surface area contributed by atoms with Crippen LogP contribution in [0.15, 0.2) is 12.1 Å². The number of hydrogen-bond acceptors (Lipinski definition) is 3. The third-order valence-corrected chi connectivity index (χ3v) is 4.23. The van der Waals surface area contributed by atoms with Gasteiger partial charge in [-0.3, -0.25) is 4.79 Å². The molecular weight excluding hydrogens is 262 g/mol. The van der Waals surface area contributed by atoms with Crippen LogP contribution in [0.3, 0.4) is 0 Å². The predicted molar refractivity (Wildman–Crippen MR) is 86.2 cm³/mol. The van der Waals surface area contributed by atoms with Crippen molar-refractivity contribution in [2.45, 2.75) is 58.9 Å². The second-order valence-electron chi connectivity index (χ2n) is 6.95. The Kier molecular flexibility index (Phi) is 4.86. The molecule has 2 atom stereocenters. The molecule has 0 spiro atoms. The highest BCUT2D eigenvalue weighted by atomic mass is 16.1. The molecule has 21 heavy (non-hydrogen) atoms. The molecule has 0 radical (unpaired) electrons. The third kappa shape index (κ3) is 4.19. The molecule has 0 aromatic carbocycles. The van der Waals surface area contributed by atoms with Gasteiger partial charge in [-0.05, 0) is 49.1 Å². The Morgan fingerprint density at radius 3 is 2.43 bits per heavy atom. The number of rotatable bonds is 3. The van der Waals surface area contributed by atoms with Crippen LogP contribution < -0.4 is 11.1 Å². The van der Waals surface area contributed by atoms with Crippen molar-refractivity contribution in [3.05, 3.63) is 23.4 Å². The maximum atomic E-state index is 12.5. The van der Waals surface area contributed by atoms with Crippen LogP contribution in [0.1, 0.15) is 68.9 Å². The fourth-order valence-electron chi connectivity index (χ4n) is 3.33. The number of nitrogens with one attached hydrogen (secondary N) is 1. The second kappa shape index (κ2) is 6.46. The summed E-state index contributed by atoms with van der Waals surface area (Å²) < 4.78 is 0. The van der Waals surface area contributed by atoms with Crippen LogP contribution >= 0.6 is 0 Å². The lowest BCUT2D eigenvalue weighted by Gasteiger charge is -2.32. The van der Waals surface area contributed by atoms with Gasteiger partial charge >= 0.3 is 0 Å². The van der Waals surface area contributed by atoms with Crippen molar-refractivity contribution in [1.82, 2.24) is 10.3 Å². The largest absolute Gasteiger partial charge is 0.384 e. The molecule has 3 N–H and O–H groups in total. The van der Waals surface area contributed by atoms with Crippen LogP contribution in [0.4, 0.5) is 5.82 Å². The Morgan fingerprint density at radius 2 is 1.86 bits per heavy atom. The van der Waals surface area contributed by atoms with E-state index in [1.807, 2.05) is 19.9 Å². The number of nitrogens with zero attached hydrogens (tertiary/aromatic N) is 1. The topological polar surface area (TPSA) is 68.0 Å². The van der Waals surface area contributed by atoms with Gasteiger partial charge in [0.05, 0.1) is 0 Å². The average Bonchev–Trinajstić information content (AvgIpc) is 2.36. The molecule has 1 aromatic heterocycles. The lowest BCUT2D eigenvalue weighted by Crippen LogP contribution is -2.40. The minimum Gasteiger partial charge on any atom is -0.384 e. The molecule has 1 aliphatic carbocycles. The molecule has 1 saturated carbocycles. The number of carbonyl (C=O) groups is 1. The molecule has 0 bridgehead atoms. The third-order valence-electron chi connectivity index (χ3n) is 4.23. The van der Waals surface area contributed by atoms with E-state index in [4.69, 9.17) is 5.73 Å². The summed E-state index contributed by atoms with van der Waals surface area (Å²) in [6.45, 7) is 8.62. The van der Waals surface area contributed by atoms with Crippen molar-refractivity contribution in [3.63, 3.8) is 0 Å². The lowest BCUT2D eigenvalue weighted by atomic mass is 9.80. The van der Waals surface area contributed by atoms with Crippen molar-refractivity contribution >= 4 is 11.7 Å². The van der Waals surface area contributed by atoms with E-state index in [0.29, 0.717) is 23.2 Å². The van der Waals surface area contributed by atoms with Crippen molar-refractivity contribution in [2.75, 3.05) is 5.73 Å². The molecule has 1 heterocycles. The Hall–Kier alpha value is -1.58. The minimum atomic E-state index is -0.0303. The van der Waals surface area contributed by atoms with Gasteiger partial charge in [0, 0.05) is 17.3 Å². The number of anilines is 1. The number of hydrogen-bond donors (Lipinski definition) is 2. The minimum absolute atomic E-state index is 0.0303. The van der Waals surface area contributed by atoms with Gasteiger partial charge in [-0.2, -0.15) is 0 Å². The summed E-state index contributed by atoms with van der Waals surface area (Å²) in [5, 5.41) is 3.17. The Labute approximate surface area is 127 Å². The lowest BCUT2D eigenvalue weighted by molar-refractivity contribution is 0.0911. The molecule has 0 saturated heterocycles. The predicted octanol–water partition coefficient (Wildman–Crippen LogP) is 3.34. The number of nitrogens with two attached hydrogens (primary N) is 1. The van der Waals surface area contributed by atoms with Gasteiger partial charge in [0.2, 0.25) is 0 Å². The SMILES string of the molecule is CC1CC(C)CC(NC(=O)c2cc(N)nc(C(C)C)c2)C1. The molecule has 2 rings (SSSR count). The number of pyridine rings is 1. The van der Waals surface area contributed by atoms with E-state index in [-0.39, 0.29) is 17.9 Å². The summed E-state index contributed by atoms with van der Waals surface area (Å²) in [5.74, 6) is 1.99. The molecule has 1 aliphatic rings. The van der Waals surface area contributed by atoms with E-state index in [9.17, 15) is 4.79 Å². The molecule has 2 unspecified atom stereocenters. The van der Waals surface area contributed by atoms with Crippen molar-refractivity contribution in [3.8, 4) is 0 Å². The van der Waals surface area contributed by atoms with Crippen LogP contribution in [-0.4, -0.2) is 16.9 Å². The second-order valence-corrected chi connectivity index (χ2v) is 6.95. The van der Waals surface area contributed by atoms with Crippen molar-refractivity contribution in [1.29, 1.82) is 0 Å². The zero-order valence-electron chi connectivity index (χ0n) is 13.5. The summed E-state index contributed by atoms with van der Waals surface area (Å²) in [6, 6.07) is 3.79. The molecule has 0 aliphatic heterocycles. The van der Waals surface area contributed by atoms with Crippen molar-refractivity contribution < 1.29 is 4.79 Å². The zero-order valence-corrected chi connectivity index (χ0v) is 13.5. The highest BCUT2D eigenvalue weighted by Gasteiger charge is 2.25. The molecule has 1 amide bonds. The van der Waals surface area contributed by atoms with E-state index >= 15 is 0 Å². The standard InChI is InChI=1S/C17H27N3O/c1-10(2)15-8-13(9-16(18)20-15)17(21)19-14-6-11(3)5-12(4)7-14/h8-12,14H,5-7H2,1-4H3,(H2,18,20)(H,19,21). The monoisotopic (exact) mass is 289 g/mol. The Morgan fingerprint density at radius 1 is 1.24 bits per heavy atom. The first-order valence-corrected chi connectivity index (χ1v) is 7.93. The summed E-state index contributed by atoms with van der Waals surface area (Å²) in [7, 11) is 0. The van der Waals surface area contributed by atoms with Crippen LogP contribution in [0.5, 0.6) is 0 Å². The first-order chi connectivity index (χ1) is 9.85. The van der Waals surface area contributed by atoms with E-state index in [2.05, 4.69) is 24.1 Å². The van der Waals surface area contributed by atoms with Gasteiger partial charge in [0.15, 0.2) is 0 Å². The van der Waals surface area contributed by atoms with Gasteiger partial charge in [-0.1, -0.05) is 27.7 Å². The zero-order chi connectivity index (χ0) is 15.6. The molecule has 4 nitrogen and oxygen atoms in total. The highest BCUT2D eigenvalue weighted by Crippen LogP contribution is 2.28. The maximum absolute atomic E-state index is 12.5. The number of nitrogen functional groups attached to an aromatic ring is 1. The van der Waals surface area contributed by atoms with E-state index < -0.39 is 0 Å². The summed E-state index contributed by atoms with van der Waals surface area (Å²) in [5.41, 5.74) is 7.31. The van der Waals surface area contributed by atoms with Gasteiger partial charge < -0.3 is 11.1 Å². The van der Waals surface area contributed by atoms with Crippen LogP contribution in [0.2, 0.25) is 0 Å². The molecule has 116 valence electrons. The van der Waals surface area contributed by atoms with Gasteiger partial charge in [-0.15, -0.1) is 0 Å². The van der Waals surface area contributed by atoms with E-state index in [1.165, 1.54) is 6.42 Å². The number of aromatic nitrogens is 1. The van der Waals surface area contributed by atoms with Crippen molar-refractivity contribution in [2.24, 2.45) is 11.8 Å². The average molecular weight is 289 g/mol. The van der Waals surface area contributed by atoms with E-state index in [1.54, 1.807) is 6.07 Å². The fraction of sp³-hybridized carbons (Fsp3) is 0.647. The normalized spacial score (nSPS) is 25.9. The summed E-state index contributed by atoms with van der Waals surface area (Å²) >= 11 is 0.